The number of fused-ring (bicyclic) bond motifs is 1. The zero-order chi connectivity index (χ0) is 19.9. The number of hydrogen-bond donors (Lipinski definition) is 2. The van der Waals surface area contributed by atoms with Gasteiger partial charge in [0.15, 0.2) is 11.6 Å². The molecular weight excluding hydrogens is 388 g/mol. The number of para-hydroxylation sites is 3. The molecule has 1 saturated carbocycles. The first-order valence-electron chi connectivity index (χ1n) is 9.17. The zero-order valence-corrected chi connectivity index (χ0v) is 15.9. The first kappa shape index (κ1) is 19.1. The third kappa shape index (κ3) is 3.45. The van der Waals surface area contributed by atoms with E-state index in [4.69, 9.17) is 0 Å². The standard InChI is InChI=1S/C19H21F2N3O3S/c20-15-4-3-5-16(21)19(15)24-18-7-2-1-6-17(18)23(28(24,26)27)11-10-14(25)12-22-13-8-9-13/h1-7,13-14,22,25H,8-12H2/t14-/m0/s1. The molecule has 1 heterocycles. The van der Waals surface area contributed by atoms with Gasteiger partial charge >= 0.3 is 10.2 Å². The van der Waals surface area contributed by atoms with E-state index in [1.165, 1.54) is 12.1 Å². The van der Waals surface area contributed by atoms with Crippen molar-refractivity contribution in [2.45, 2.75) is 31.4 Å². The van der Waals surface area contributed by atoms with Crippen LogP contribution in [0, 0.1) is 11.6 Å². The molecule has 1 aliphatic carbocycles. The van der Waals surface area contributed by atoms with Crippen molar-refractivity contribution in [2.75, 3.05) is 21.7 Å². The fourth-order valence-corrected chi connectivity index (χ4v) is 5.05. The monoisotopic (exact) mass is 409 g/mol. The number of halogens is 2. The highest BCUT2D eigenvalue weighted by atomic mass is 32.2. The smallest absolute Gasteiger partial charge is 0.331 e. The van der Waals surface area contributed by atoms with E-state index >= 15 is 0 Å². The number of anilines is 3. The van der Waals surface area contributed by atoms with E-state index in [1.807, 2.05) is 0 Å². The van der Waals surface area contributed by atoms with Crippen LogP contribution in [-0.4, -0.2) is 38.8 Å². The Kier molecular flexibility index (Phi) is 4.98. The highest BCUT2D eigenvalue weighted by molar-refractivity contribution is 7.95. The lowest BCUT2D eigenvalue weighted by Gasteiger charge is -2.23. The highest BCUT2D eigenvalue weighted by Crippen LogP contribution is 2.46. The Bertz CT molecular complexity index is 962. The van der Waals surface area contributed by atoms with Gasteiger partial charge in [0, 0.05) is 19.1 Å². The normalized spacial score (nSPS) is 19.0. The molecule has 2 aromatic rings. The summed E-state index contributed by atoms with van der Waals surface area (Å²) < 4.78 is 56.8. The number of benzene rings is 2. The summed E-state index contributed by atoms with van der Waals surface area (Å²) in [6.07, 6.45) is 1.65. The molecule has 9 heteroatoms. The van der Waals surface area contributed by atoms with E-state index in [2.05, 4.69) is 5.32 Å². The minimum Gasteiger partial charge on any atom is -0.392 e. The molecule has 2 N–H and O–H groups in total. The minimum absolute atomic E-state index is 0.000564. The Morgan fingerprint density at radius 1 is 1.07 bits per heavy atom. The van der Waals surface area contributed by atoms with E-state index < -0.39 is 33.6 Å². The van der Waals surface area contributed by atoms with Crippen molar-refractivity contribution in [1.29, 1.82) is 0 Å². The van der Waals surface area contributed by atoms with Crippen molar-refractivity contribution in [3.05, 3.63) is 54.1 Å². The van der Waals surface area contributed by atoms with Crippen molar-refractivity contribution >= 4 is 27.3 Å². The molecule has 2 aliphatic rings. The third-order valence-corrected chi connectivity index (χ3v) is 6.68. The van der Waals surface area contributed by atoms with Crippen LogP contribution in [0.25, 0.3) is 0 Å². The maximum atomic E-state index is 14.3. The number of rotatable bonds is 7. The van der Waals surface area contributed by atoms with Gasteiger partial charge in [-0.05, 0) is 43.5 Å². The quantitative estimate of drug-likeness (QED) is 0.738. The van der Waals surface area contributed by atoms with Crippen LogP contribution in [0.2, 0.25) is 0 Å². The van der Waals surface area contributed by atoms with Crippen molar-refractivity contribution < 1.29 is 22.3 Å². The van der Waals surface area contributed by atoms with Crippen molar-refractivity contribution in [1.82, 2.24) is 5.32 Å². The van der Waals surface area contributed by atoms with Gasteiger partial charge in [-0.25, -0.2) is 13.1 Å². The molecule has 0 spiro atoms. The number of aliphatic hydroxyl groups excluding tert-OH is 1. The Labute approximate surface area is 162 Å². The topological polar surface area (TPSA) is 72.9 Å². The van der Waals surface area contributed by atoms with Gasteiger partial charge in [0.05, 0.1) is 17.5 Å². The van der Waals surface area contributed by atoms with Crippen LogP contribution < -0.4 is 13.9 Å². The van der Waals surface area contributed by atoms with Crippen LogP contribution >= 0.6 is 0 Å². The number of aliphatic hydroxyl groups is 1. The zero-order valence-electron chi connectivity index (χ0n) is 15.1. The summed E-state index contributed by atoms with van der Waals surface area (Å²) in [5.74, 6) is -1.93. The summed E-state index contributed by atoms with van der Waals surface area (Å²) in [5, 5.41) is 13.4. The molecule has 150 valence electrons. The second-order valence-corrected chi connectivity index (χ2v) is 8.73. The molecule has 1 fully saturated rings. The maximum absolute atomic E-state index is 14.3. The van der Waals surface area contributed by atoms with Crippen LogP contribution in [0.5, 0.6) is 0 Å². The van der Waals surface area contributed by atoms with Gasteiger partial charge in [-0.2, -0.15) is 8.42 Å². The molecule has 0 radical (unpaired) electrons. The van der Waals surface area contributed by atoms with Gasteiger partial charge in [-0.3, -0.25) is 4.31 Å². The Morgan fingerprint density at radius 3 is 2.36 bits per heavy atom. The first-order chi connectivity index (χ1) is 13.4. The maximum Gasteiger partial charge on any atom is 0.331 e. The fourth-order valence-electron chi connectivity index (χ4n) is 3.31. The SMILES string of the molecule is O=S1(=O)N(CC[C@H](O)CNC2CC2)c2ccccc2N1c1c(F)cccc1F. The van der Waals surface area contributed by atoms with E-state index in [0.29, 0.717) is 22.6 Å². The summed E-state index contributed by atoms with van der Waals surface area (Å²) in [6, 6.07) is 10.0. The Balaban J connectivity index is 1.63. The van der Waals surface area contributed by atoms with Crippen LogP contribution in [0.4, 0.5) is 25.8 Å². The number of nitrogens with one attached hydrogen (secondary N) is 1. The van der Waals surface area contributed by atoms with Gasteiger partial charge in [0.1, 0.15) is 5.69 Å². The summed E-state index contributed by atoms with van der Waals surface area (Å²) in [7, 11) is -4.24. The molecule has 0 unspecified atom stereocenters. The van der Waals surface area contributed by atoms with Gasteiger partial charge in [0.25, 0.3) is 0 Å². The van der Waals surface area contributed by atoms with Crippen LogP contribution in [0.15, 0.2) is 42.5 Å². The lowest BCUT2D eigenvalue weighted by atomic mass is 10.2. The van der Waals surface area contributed by atoms with E-state index in [9.17, 15) is 22.3 Å². The lowest BCUT2D eigenvalue weighted by molar-refractivity contribution is 0.164. The van der Waals surface area contributed by atoms with Gasteiger partial charge in [-0.1, -0.05) is 18.2 Å². The summed E-state index contributed by atoms with van der Waals surface area (Å²) in [6.45, 7) is 0.380. The van der Waals surface area contributed by atoms with Gasteiger partial charge in [-0.15, -0.1) is 0 Å². The Morgan fingerprint density at radius 2 is 1.71 bits per heavy atom. The largest absolute Gasteiger partial charge is 0.392 e. The second kappa shape index (κ2) is 7.31. The average Bonchev–Trinajstić information content (AvgIpc) is 3.45. The average molecular weight is 409 g/mol. The third-order valence-electron chi connectivity index (χ3n) is 4.90. The van der Waals surface area contributed by atoms with Gasteiger partial charge < -0.3 is 10.4 Å². The molecule has 28 heavy (non-hydrogen) atoms. The first-order valence-corrected chi connectivity index (χ1v) is 10.6. The molecule has 0 amide bonds. The van der Waals surface area contributed by atoms with Crippen molar-refractivity contribution in [3.63, 3.8) is 0 Å². The van der Waals surface area contributed by atoms with E-state index in [0.717, 1.165) is 29.3 Å². The number of nitrogens with zero attached hydrogens (tertiary/aromatic N) is 2. The Hall–Kier alpha value is -2.23. The van der Waals surface area contributed by atoms with Crippen LogP contribution in [0.1, 0.15) is 19.3 Å². The number of hydrogen-bond acceptors (Lipinski definition) is 4. The lowest BCUT2D eigenvalue weighted by Crippen LogP contribution is -2.39. The molecule has 0 bridgehead atoms. The predicted octanol–water partition coefficient (Wildman–Crippen LogP) is 2.67. The summed E-state index contributed by atoms with van der Waals surface area (Å²) in [4.78, 5) is 0. The van der Waals surface area contributed by atoms with Crippen molar-refractivity contribution in [3.8, 4) is 0 Å². The summed E-state index contributed by atoms with van der Waals surface area (Å²) in [5.41, 5.74) is -0.127. The summed E-state index contributed by atoms with van der Waals surface area (Å²) >= 11 is 0. The van der Waals surface area contributed by atoms with Gasteiger partial charge in [0.2, 0.25) is 0 Å². The molecule has 0 aromatic heterocycles. The molecule has 0 saturated heterocycles. The molecule has 2 aromatic carbocycles. The fraction of sp³-hybridized carbons (Fsp3) is 0.368. The molecule has 1 atom stereocenters. The van der Waals surface area contributed by atoms with Crippen LogP contribution in [0.3, 0.4) is 0 Å². The van der Waals surface area contributed by atoms with Crippen molar-refractivity contribution in [2.24, 2.45) is 0 Å². The molecule has 6 nitrogen and oxygen atoms in total. The van der Waals surface area contributed by atoms with E-state index in [-0.39, 0.29) is 18.7 Å². The van der Waals surface area contributed by atoms with E-state index in [1.54, 1.807) is 18.2 Å². The molecule has 1 aliphatic heterocycles. The van der Waals surface area contributed by atoms with Crippen LogP contribution in [-0.2, 0) is 10.2 Å². The second-order valence-electron chi connectivity index (χ2n) is 7.03. The highest BCUT2D eigenvalue weighted by Gasteiger charge is 2.43. The molecule has 4 rings (SSSR count). The predicted molar refractivity (Wildman–Crippen MR) is 103 cm³/mol. The minimum atomic E-state index is -4.24. The molecular formula is C19H21F2N3O3S.